The molecule has 1 aromatic carbocycles. The van der Waals surface area contributed by atoms with Gasteiger partial charge in [0.25, 0.3) is 0 Å². The average Bonchev–Trinajstić information content (AvgIpc) is 2.38. The molecule has 98 valence electrons. The molecule has 0 amide bonds. The highest BCUT2D eigenvalue weighted by Gasteiger charge is 2.42. The van der Waals surface area contributed by atoms with E-state index in [1.165, 1.54) is 0 Å². The summed E-state index contributed by atoms with van der Waals surface area (Å²) < 4.78 is 16.8. The summed E-state index contributed by atoms with van der Waals surface area (Å²) >= 11 is 0. The summed E-state index contributed by atoms with van der Waals surface area (Å²) in [6, 6.07) is 5.56. The summed E-state index contributed by atoms with van der Waals surface area (Å²) in [5.74, 6) is 1.47. The van der Waals surface area contributed by atoms with E-state index in [0.29, 0.717) is 13.0 Å². The van der Waals surface area contributed by atoms with Crippen LogP contribution in [0, 0.1) is 0 Å². The van der Waals surface area contributed by atoms with Crippen LogP contribution in [0.1, 0.15) is 30.9 Å². The second kappa shape index (κ2) is 4.44. The van der Waals surface area contributed by atoms with Gasteiger partial charge in [-0.2, -0.15) is 0 Å². The molecular weight excluding hydrogens is 232 g/mol. The highest BCUT2D eigenvalue weighted by atomic mass is 16.6. The molecule has 0 aliphatic carbocycles. The van der Waals surface area contributed by atoms with Crippen LogP contribution >= 0.6 is 0 Å². The van der Waals surface area contributed by atoms with E-state index in [9.17, 15) is 5.11 Å². The van der Waals surface area contributed by atoms with Crippen molar-refractivity contribution in [3.05, 3.63) is 23.8 Å². The number of methoxy groups -OCH3 is 1. The number of benzene rings is 1. The van der Waals surface area contributed by atoms with Crippen LogP contribution in [0.15, 0.2) is 18.2 Å². The fraction of sp³-hybridized carbons (Fsp3) is 0.571. The van der Waals surface area contributed by atoms with Crippen molar-refractivity contribution in [2.45, 2.75) is 31.0 Å². The lowest BCUT2D eigenvalue weighted by Crippen LogP contribution is -2.47. The second-order valence-electron chi connectivity index (χ2n) is 5.06. The summed E-state index contributed by atoms with van der Waals surface area (Å²) in [6.07, 6.45) is 2.03. The lowest BCUT2D eigenvalue weighted by Gasteiger charge is -2.42. The molecular formula is C14H18O4. The van der Waals surface area contributed by atoms with Crippen LogP contribution in [0.3, 0.4) is 0 Å². The number of hydrogen-bond acceptors (Lipinski definition) is 4. The number of aliphatic hydroxyl groups excluding tert-OH is 1. The molecule has 2 atom stereocenters. The average molecular weight is 250 g/mol. The SMILES string of the molecule is COc1ccc2c(c1)OC1(CCCOC1)CC2O. The van der Waals surface area contributed by atoms with Crippen LogP contribution in [-0.4, -0.2) is 31.0 Å². The van der Waals surface area contributed by atoms with Crippen molar-refractivity contribution in [1.29, 1.82) is 0 Å². The Morgan fingerprint density at radius 3 is 3.06 bits per heavy atom. The van der Waals surface area contributed by atoms with Crippen molar-refractivity contribution < 1.29 is 19.3 Å². The molecule has 0 bridgehead atoms. The highest BCUT2D eigenvalue weighted by Crippen LogP contribution is 2.44. The second-order valence-corrected chi connectivity index (χ2v) is 5.06. The van der Waals surface area contributed by atoms with Gasteiger partial charge in [0.15, 0.2) is 0 Å². The first-order valence-corrected chi connectivity index (χ1v) is 6.35. The summed E-state index contributed by atoms with van der Waals surface area (Å²) in [5, 5.41) is 10.3. The van der Waals surface area contributed by atoms with Crippen LogP contribution in [0.25, 0.3) is 0 Å². The standard InChI is InChI=1S/C14H18O4/c1-16-10-3-4-11-12(15)8-14(18-13(11)7-10)5-2-6-17-9-14/h3-4,7,12,15H,2,5-6,8-9H2,1H3. The van der Waals surface area contributed by atoms with Crippen LogP contribution in [0.4, 0.5) is 0 Å². The van der Waals surface area contributed by atoms with Gasteiger partial charge in [0.2, 0.25) is 0 Å². The molecule has 1 N–H and O–H groups in total. The normalized spacial score (nSPS) is 30.7. The van der Waals surface area contributed by atoms with Gasteiger partial charge >= 0.3 is 0 Å². The Hall–Kier alpha value is -1.26. The van der Waals surface area contributed by atoms with E-state index in [1.807, 2.05) is 18.2 Å². The Morgan fingerprint density at radius 2 is 2.33 bits per heavy atom. The molecule has 2 aliphatic rings. The number of ether oxygens (including phenoxy) is 3. The van der Waals surface area contributed by atoms with Crippen LogP contribution in [0.2, 0.25) is 0 Å². The third-order valence-electron chi connectivity index (χ3n) is 3.76. The van der Waals surface area contributed by atoms with Gasteiger partial charge in [-0.3, -0.25) is 0 Å². The smallest absolute Gasteiger partial charge is 0.135 e. The molecule has 4 nitrogen and oxygen atoms in total. The maximum atomic E-state index is 10.3. The first-order valence-electron chi connectivity index (χ1n) is 6.35. The van der Waals surface area contributed by atoms with Gasteiger partial charge in [-0.1, -0.05) is 0 Å². The van der Waals surface area contributed by atoms with Crippen molar-refractivity contribution in [1.82, 2.24) is 0 Å². The van der Waals surface area contributed by atoms with E-state index in [-0.39, 0.29) is 5.60 Å². The summed E-state index contributed by atoms with van der Waals surface area (Å²) in [7, 11) is 1.63. The third kappa shape index (κ3) is 1.95. The summed E-state index contributed by atoms with van der Waals surface area (Å²) in [4.78, 5) is 0. The minimum Gasteiger partial charge on any atom is -0.497 e. The Labute approximate surface area is 106 Å². The van der Waals surface area contributed by atoms with Crippen LogP contribution < -0.4 is 9.47 Å². The van der Waals surface area contributed by atoms with Crippen molar-refractivity contribution in [2.75, 3.05) is 20.3 Å². The first kappa shape index (κ1) is 11.8. The minimum absolute atomic E-state index is 0.364. The van der Waals surface area contributed by atoms with Crippen molar-refractivity contribution in [3.63, 3.8) is 0 Å². The van der Waals surface area contributed by atoms with Gasteiger partial charge in [-0.25, -0.2) is 0 Å². The van der Waals surface area contributed by atoms with Crippen LogP contribution in [0.5, 0.6) is 11.5 Å². The van der Waals surface area contributed by atoms with E-state index in [2.05, 4.69) is 0 Å². The topological polar surface area (TPSA) is 47.9 Å². The fourth-order valence-corrected chi connectivity index (χ4v) is 2.81. The number of hydrogen-bond donors (Lipinski definition) is 1. The highest BCUT2D eigenvalue weighted by molar-refractivity contribution is 5.44. The van der Waals surface area contributed by atoms with Gasteiger partial charge in [-0.05, 0) is 25.0 Å². The zero-order chi connectivity index (χ0) is 12.6. The molecule has 0 aromatic heterocycles. The summed E-state index contributed by atoms with van der Waals surface area (Å²) in [6.45, 7) is 1.34. The Balaban J connectivity index is 1.94. The first-order chi connectivity index (χ1) is 8.72. The molecule has 1 fully saturated rings. The molecule has 2 heterocycles. The van der Waals surface area contributed by atoms with Gasteiger partial charge in [-0.15, -0.1) is 0 Å². The van der Waals surface area contributed by atoms with Crippen molar-refractivity contribution in [3.8, 4) is 11.5 Å². The molecule has 1 aromatic rings. The van der Waals surface area contributed by atoms with E-state index < -0.39 is 6.10 Å². The monoisotopic (exact) mass is 250 g/mol. The maximum Gasteiger partial charge on any atom is 0.135 e. The third-order valence-corrected chi connectivity index (χ3v) is 3.76. The van der Waals surface area contributed by atoms with Gasteiger partial charge in [0, 0.05) is 24.7 Å². The molecule has 4 heteroatoms. The molecule has 0 radical (unpaired) electrons. The number of fused-ring (bicyclic) bond motifs is 1. The van der Waals surface area contributed by atoms with E-state index in [1.54, 1.807) is 7.11 Å². The largest absolute Gasteiger partial charge is 0.497 e. The molecule has 2 aliphatic heterocycles. The van der Waals surface area contributed by atoms with Gasteiger partial charge in [0.1, 0.15) is 17.1 Å². The lowest BCUT2D eigenvalue weighted by atomic mass is 9.85. The van der Waals surface area contributed by atoms with E-state index in [4.69, 9.17) is 14.2 Å². The van der Waals surface area contributed by atoms with Crippen LogP contribution in [-0.2, 0) is 4.74 Å². The number of rotatable bonds is 1. The summed E-state index contributed by atoms with van der Waals surface area (Å²) in [5.41, 5.74) is 0.476. The molecule has 1 saturated heterocycles. The zero-order valence-corrected chi connectivity index (χ0v) is 10.5. The van der Waals surface area contributed by atoms with Crippen molar-refractivity contribution in [2.24, 2.45) is 0 Å². The molecule has 0 saturated carbocycles. The lowest BCUT2D eigenvalue weighted by molar-refractivity contribution is -0.103. The Bertz CT molecular complexity index is 437. The predicted octanol–water partition coefficient (Wildman–Crippen LogP) is 2.06. The van der Waals surface area contributed by atoms with E-state index in [0.717, 1.165) is 36.5 Å². The molecule has 1 spiro atoms. The quantitative estimate of drug-likeness (QED) is 0.828. The van der Waals surface area contributed by atoms with Gasteiger partial charge < -0.3 is 19.3 Å². The number of aliphatic hydroxyl groups is 1. The molecule has 2 unspecified atom stereocenters. The van der Waals surface area contributed by atoms with E-state index >= 15 is 0 Å². The predicted molar refractivity (Wildman–Crippen MR) is 66.0 cm³/mol. The molecule has 3 rings (SSSR count). The minimum atomic E-state index is -0.485. The van der Waals surface area contributed by atoms with Crippen molar-refractivity contribution >= 4 is 0 Å². The molecule has 18 heavy (non-hydrogen) atoms. The Kier molecular flexibility index (Phi) is 2.92. The maximum absolute atomic E-state index is 10.3. The zero-order valence-electron chi connectivity index (χ0n) is 10.5. The van der Waals surface area contributed by atoms with Gasteiger partial charge in [0.05, 0.1) is 19.8 Å². The fourth-order valence-electron chi connectivity index (χ4n) is 2.81. The Morgan fingerprint density at radius 1 is 1.44 bits per heavy atom.